The molecular formula is C14H18F2N2O. The van der Waals surface area contributed by atoms with E-state index in [1.807, 2.05) is 0 Å². The molecule has 2 unspecified atom stereocenters. The maximum atomic E-state index is 13.0. The van der Waals surface area contributed by atoms with Gasteiger partial charge in [-0.25, -0.2) is 8.78 Å². The predicted octanol–water partition coefficient (Wildman–Crippen LogP) is 2.68. The molecule has 0 aromatic heterocycles. The van der Waals surface area contributed by atoms with Crippen LogP contribution in [0.1, 0.15) is 26.2 Å². The summed E-state index contributed by atoms with van der Waals surface area (Å²) in [6.07, 6.45) is 2.87. The van der Waals surface area contributed by atoms with Crippen LogP contribution in [0.2, 0.25) is 0 Å². The SMILES string of the molecule is CCC1CCNC(C(=O)Nc2cc(F)cc(F)c2)C1. The highest BCUT2D eigenvalue weighted by molar-refractivity contribution is 5.94. The minimum absolute atomic E-state index is 0.155. The number of hydrogen-bond acceptors (Lipinski definition) is 2. The van der Waals surface area contributed by atoms with Gasteiger partial charge in [0.25, 0.3) is 0 Å². The van der Waals surface area contributed by atoms with Gasteiger partial charge < -0.3 is 10.6 Å². The maximum Gasteiger partial charge on any atom is 0.241 e. The average Bonchev–Trinajstić information content (AvgIpc) is 2.37. The Morgan fingerprint density at radius 3 is 2.68 bits per heavy atom. The Bertz CT molecular complexity index is 445. The first-order chi connectivity index (χ1) is 9.08. The van der Waals surface area contributed by atoms with Gasteiger partial charge in [-0.15, -0.1) is 0 Å². The van der Waals surface area contributed by atoms with Gasteiger partial charge in [-0.05, 0) is 37.4 Å². The number of carbonyl (C=O) groups excluding carboxylic acids is 1. The normalized spacial score (nSPS) is 23.1. The van der Waals surface area contributed by atoms with Crippen molar-refractivity contribution in [3.05, 3.63) is 29.8 Å². The average molecular weight is 268 g/mol. The number of piperidine rings is 1. The summed E-state index contributed by atoms with van der Waals surface area (Å²) in [6, 6.07) is 2.72. The molecule has 0 radical (unpaired) electrons. The van der Waals surface area contributed by atoms with E-state index in [4.69, 9.17) is 0 Å². The van der Waals surface area contributed by atoms with Crippen LogP contribution >= 0.6 is 0 Å². The van der Waals surface area contributed by atoms with Crippen molar-refractivity contribution in [1.82, 2.24) is 5.32 Å². The van der Waals surface area contributed by atoms with Gasteiger partial charge in [-0.3, -0.25) is 4.79 Å². The Kier molecular flexibility index (Phi) is 4.47. The molecule has 1 amide bonds. The number of rotatable bonds is 3. The molecule has 1 aromatic rings. The third-order valence-corrected chi connectivity index (χ3v) is 3.54. The zero-order valence-corrected chi connectivity index (χ0v) is 10.9. The van der Waals surface area contributed by atoms with E-state index in [0.29, 0.717) is 5.92 Å². The van der Waals surface area contributed by atoms with Crippen LogP contribution in [-0.4, -0.2) is 18.5 Å². The van der Waals surface area contributed by atoms with Crippen LogP contribution in [0, 0.1) is 17.6 Å². The first-order valence-electron chi connectivity index (χ1n) is 6.59. The van der Waals surface area contributed by atoms with Crippen molar-refractivity contribution in [3.8, 4) is 0 Å². The second-order valence-corrected chi connectivity index (χ2v) is 4.95. The first kappa shape index (κ1) is 13.9. The molecule has 1 aromatic carbocycles. The number of hydrogen-bond donors (Lipinski definition) is 2. The molecule has 3 nitrogen and oxygen atoms in total. The fourth-order valence-electron chi connectivity index (χ4n) is 2.42. The molecule has 1 heterocycles. The second-order valence-electron chi connectivity index (χ2n) is 4.95. The van der Waals surface area contributed by atoms with Gasteiger partial charge in [0.1, 0.15) is 11.6 Å². The summed E-state index contributed by atoms with van der Waals surface area (Å²) in [5, 5.41) is 5.69. The molecule has 0 saturated carbocycles. The summed E-state index contributed by atoms with van der Waals surface area (Å²) in [4.78, 5) is 12.0. The Morgan fingerprint density at radius 2 is 2.05 bits per heavy atom. The summed E-state index contributed by atoms with van der Waals surface area (Å²) in [5.41, 5.74) is 0.155. The largest absolute Gasteiger partial charge is 0.325 e. The van der Waals surface area contributed by atoms with E-state index >= 15 is 0 Å². The van der Waals surface area contributed by atoms with Crippen molar-refractivity contribution in [1.29, 1.82) is 0 Å². The van der Waals surface area contributed by atoms with Gasteiger partial charge in [-0.2, -0.15) is 0 Å². The van der Waals surface area contributed by atoms with Gasteiger partial charge in [0.05, 0.1) is 6.04 Å². The summed E-state index contributed by atoms with van der Waals surface area (Å²) < 4.78 is 26.1. The molecule has 0 spiro atoms. The molecule has 104 valence electrons. The second kappa shape index (κ2) is 6.10. The van der Waals surface area contributed by atoms with Gasteiger partial charge >= 0.3 is 0 Å². The van der Waals surface area contributed by atoms with Crippen molar-refractivity contribution in [2.45, 2.75) is 32.2 Å². The molecule has 5 heteroatoms. The Hall–Kier alpha value is -1.49. The number of halogens is 2. The Balaban J connectivity index is 2.00. The first-order valence-corrected chi connectivity index (χ1v) is 6.59. The molecule has 2 atom stereocenters. The molecule has 1 aliphatic heterocycles. The van der Waals surface area contributed by atoms with E-state index in [9.17, 15) is 13.6 Å². The van der Waals surface area contributed by atoms with E-state index in [2.05, 4.69) is 17.6 Å². The number of benzene rings is 1. The van der Waals surface area contributed by atoms with E-state index < -0.39 is 11.6 Å². The van der Waals surface area contributed by atoms with E-state index in [1.54, 1.807) is 0 Å². The van der Waals surface area contributed by atoms with E-state index in [0.717, 1.165) is 44.0 Å². The van der Waals surface area contributed by atoms with Crippen molar-refractivity contribution < 1.29 is 13.6 Å². The zero-order valence-electron chi connectivity index (χ0n) is 10.9. The molecule has 19 heavy (non-hydrogen) atoms. The Morgan fingerprint density at radius 1 is 1.37 bits per heavy atom. The number of anilines is 1. The highest BCUT2D eigenvalue weighted by atomic mass is 19.1. The highest BCUT2D eigenvalue weighted by Crippen LogP contribution is 2.20. The van der Waals surface area contributed by atoms with E-state index in [-0.39, 0.29) is 17.6 Å². The van der Waals surface area contributed by atoms with Crippen molar-refractivity contribution in [3.63, 3.8) is 0 Å². The smallest absolute Gasteiger partial charge is 0.241 e. The lowest BCUT2D eigenvalue weighted by molar-refractivity contribution is -0.119. The van der Waals surface area contributed by atoms with Crippen LogP contribution in [0.3, 0.4) is 0 Å². The molecule has 1 saturated heterocycles. The van der Waals surface area contributed by atoms with Crippen LogP contribution in [0.15, 0.2) is 18.2 Å². The molecule has 2 rings (SSSR count). The summed E-state index contributed by atoms with van der Waals surface area (Å²) in [7, 11) is 0. The van der Waals surface area contributed by atoms with Crippen LogP contribution < -0.4 is 10.6 Å². The lowest BCUT2D eigenvalue weighted by Crippen LogP contribution is -2.46. The van der Waals surface area contributed by atoms with Gasteiger partial charge in [0, 0.05) is 11.8 Å². The molecule has 1 aliphatic rings. The fourth-order valence-corrected chi connectivity index (χ4v) is 2.42. The van der Waals surface area contributed by atoms with Crippen LogP contribution in [-0.2, 0) is 4.79 Å². The van der Waals surface area contributed by atoms with Crippen LogP contribution in [0.5, 0.6) is 0 Å². The third kappa shape index (κ3) is 3.73. The van der Waals surface area contributed by atoms with Gasteiger partial charge in [0.15, 0.2) is 0 Å². The zero-order chi connectivity index (χ0) is 13.8. The maximum absolute atomic E-state index is 13.0. The third-order valence-electron chi connectivity index (χ3n) is 3.54. The molecule has 0 bridgehead atoms. The number of amides is 1. The standard InChI is InChI=1S/C14H18F2N2O/c1-2-9-3-4-17-13(5-9)14(19)18-12-7-10(15)6-11(16)8-12/h6-9,13,17H,2-5H2,1H3,(H,18,19). The minimum Gasteiger partial charge on any atom is -0.325 e. The van der Waals surface area contributed by atoms with Crippen LogP contribution in [0.25, 0.3) is 0 Å². The summed E-state index contributed by atoms with van der Waals surface area (Å²) >= 11 is 0. The van der Waals surface area contributed by atoms with Crippen LogP contribution in [0.4, 0.5) is 14.5 Å². The number of nitrogens with one attached hydrogen (secondary N) is 2. The molecule has 0 aliphatic carbocycles. The fraction of sp³-hybridized carbons (Fsp3) is 0.500. The highest BCUT2D eigenvalue weighted by Gasteiger charge is 2.25. The predicted molar refractivity (Wildman–Crippen MR) is 69.8 cm³/mol. The molecule has 2 N–H and O–H groups in total. The quantitative estimate of drug-likeness (QED) is 0.885. The Labute approximate surface area is 111 Å². The summed E-state index contributed by atoms with van der Waals surface area (Å²) in [5.74, 6) is -1.10. The minimum atomic E-state index is -0.696. The molecular weight excluding hydrogens is 250 g/mol. The monoisotopic (exact) mass is 268 g/mol. The van der Waals surface area contributed by atoms with Crippen molar-refractivity contribution >= 4 is 11.6 Å². The lowest BCUT2D eigenvalue weighted by atomic mass is 9.90. The molecule has 1 fully saturated rings. The topological polar surface area (TPSA) is 41.1 Å². The van der Waals surface area contributed by atoms with Gasteiger partial charge in [0.2, 0.25) is 5.91 Å². The van der Waals surface area contributed by atoms with Crippen molar-refractivity contribution in [2.24, 2.45) is 5.92 Å². The number of carbonyl (C=O) groups is 1. The lowest BCUT2D eigenvalue weighted by Gasteiger charge is -2.28. The van der Waals surface area contributed by atoms with E-state index in [1.165, 1.54) is 0 Å². The van der Waals surface area contributed by atoms with Gasteiger partial charge in [-0.1, -0.05) is 13.3 Å². The summed E-state index contributed by atoms with van der Waals surface area (Å²) in [6.45, 7) is 2.90. The van der Waals surface area contributed by atoms with Crippen molar-refractivity contribution in [2.75, 3.05) is 11.9 Å².